The SMILES string of the molecule is C1=c2c(oc3ccc(-c4cccc5c4oc4c(CC6c7ccccc7-c7ccccc76)cccc45)cc23)=C(C2N=C(c3ccccc3)NC(c3ccccc3)N2)CC1. The lowest BCUT2D eigenvalue weighted by Gasteiger charge is -2.33. The zero-order valence-electron chi connectivity index (χ0n) is 31.8. The van der Waals surface area contributed by atoms with Crippen molar-refractivity contribution in [3.05, 3.63) is 202 Å². The Morgan fingerprint density at radius 3 is 2.07 bits per heavy atom. The van der Waals surface area contributed by atoms with Crippen molar-refractivity contribution in [2.45, 2.75) is 37.5 Å². The van der Waals surface area contributed by atoms with E-state index < -0.39 is 0 Å². The van der Waals surface area contributed by atoms with Crippen LogP contribution in [0.25, 0.3) is 66.8 Å². The molecule has 0 amide bonds. The Hall–Kier alpha value is -6.95. The summed E-state index contributed by atoms with van der Waals surface area (Å²) in [7, 11) is 0. The van der Waals surface area contributed by atoms with Crippen molar-refractivity contribution in [1.82, 2.24) is 10.6 Å². The van der Waals surface area contributed by atoms with Crippen LogP contribution in [0.3, 0.4) is 0 Å². The number of nitrogens with zero attached hydrogens (tertiary/aromatic N) is 1. The standard InChI is InChI=1S/C53H39N3O2/c1-3-14-32(15-4-1)51-54-52(33-16-5-2-6-17-33)56-53(55-51)44-27-13-26-43-46-30-34(28-29-47(46)57-50(43)44)36-23-12-25-42-41-24-11-18-35(48(41)58-49(36)42)31-45-39-21-9-7-19-37(39)38-20-8-10-22-40(38)45/h1-12,14-26,28-30,45,51,53,55H,13,27,31H2,(H,54,56). The molecule has 3 heterocycles. The molecule has 2 atom stereocenters. The lowest BCUT2D eigenvalue weighted by Crippen LogP contribution is -2.50. The average molecular weight is 750 g/mol. The van der Waals surface area contributed by atoms with Crippen LogP contribution in [0.5, 0.6) is 0 Å². The molecular weight excluding hydrogens is 711 g/mol. The molecule has 0 saturated carbocycles. The van der Waals surface area contributed by atoms with Crippen LogP contribution < -0.4 is 21.3 Å². The summed E-state index contributed by atoms with van der Waals surface area (Å²) in [6, 6.07) is 58.4. The quantitative estimate of drug-likeness (QED) is 0.178. The largest absolute Gasteiger partial charge is 0.456 e. The normalized spacial score (nSPS) is 17.4. The highest BCUT2D eigenvalue weighted by atomic mass is 16.3. The molecule has 5 heteroatoms. The zero-order valence-corrected chi connectivity index (χ0v) is 31.8. The maximum Gasteiger partial charge on any atom is 0.143 e. The van der Waals surface area contributed by atoms with E-state index in [0.29, 0.717) is 0 Å². The Morgan fingerprint density at radius 2 is 1.28 bits per heavy atom. The van der Waals surface area contributed by atoms with Crippen molar-refractivity contribution in [2.24, 2.45) is 4.99 Å². The molecule has 0 spiro atoms. The molecule has 278 valence electrons. The van der Waals surface area contributed by atoms with E-state index in [1.54, 1.807) is 0 Å². The summed E-state index contributed by atoms with van der Waals surface area (Å²) in [6.07, 6.45) is 4.63. The molecule has 0 saturated heterocycles. The number of para-hydroxylation sites is 2. The predicted octanol–water partition coefficient (Wildman–Crippen LogP) is 10.7. The lowest BCUT2D eigenvalue weighted by molar-refractivity contribution is 0.438. The summed E-state index contributed by atoms with van der Waals surface area (Å²) in [6.45, 7) is 0. The van der Waals surface area contributed by atoms with Crippen LogP contribution in [0.2, 0.25) is 0 Å². The van der Waals surface area contributed by atoms with E-state index in [-0.39, 0.29) is 18.2 Å². The smallest absolute Gasteiger partial charge is 0.143 e. The fraction of sp³-hybridized carbons (Fsp3) is 0.113. The van der Waals surface area contributed by atoms with Crippen LogP contribution in [0.1, 0.15) is 52.7 Å². The van der Waals surface area contributed by atoms with Gasteiger partial charge in [0.1, 0.15) is 40.3 Å². The molecule has 0 bridgehead atoms. The number of aliphatic imine (C=N–C) groups is 1. The molecular formula is C53H39N3O2. The minimum atomic E-state index is -0.251. The second kappa shape index (κ2) is 13.3. The van der Waals surface area contributed by atoms with Gasteiger partial charge in [-0.2, -0.15) is 0 Å². The molecule has 2 unspecified atom stereocenters. The van der Waals surface area contributed by atoms with Gasteiger partial charge in [-0.1, -0.05) is 158 Å². The molecule has 12 rings (SSSR count). The molecule has 3 aliphatic rings. The number of fused-ring (bicyclic) bond motifs is 9. The Kier molecular flexibility index (Phi) is 7.63. The Bertz CT molecular complexity index is 3180. The van der Waals surface area contributed by atoms with E-state index in [9.17, 15) is 0 Å². The van der Waals surface area contributed by atoms with Gasteiger partial charge in [0.05, 0.1) is 0 Å². The van der Waals surface area contributed by atoms with Gasteiger partial charge < -0.3 is 14.2 Å². The highest BCUT2D eigenvalue weighted by molar-refractivity contribution is 6.10. The van der Waals surface area contributed by atoms with Crippen molar-refractivity contribution in [3.63, 3.8) is 0 Å². The second-order valence-corrected chi connectivity index (χ2v) is 15.7. The Labute approximate surface area is 335 Å². The summed E-state index contributed by atoms with van der Waals surface area (Å²) < 4.78 is 13.8. The molecule has 2 N–H and O–H groups in total. The van der Waals surface area contributed by atoms with Crippen molar-refractivity contribution < 1.29 is 8.83 Å². The van der Waals surface area contributed by atoms with E-state index in [0.717, 1.165) is 90.9 Å². The number of furan rings is 2. The van der Waals surface area contributed by atoms with Gasteiger partial charge in [0.2, 0.25) is 0 Å². The monoisotopic (exact) mass is 749 g/mol. The highest BCUT2D eigenvalue weighted by Crippen LogP contribution is 2.47. The first-order valence-corrected chi connectivity index (χ1v) is 20.3. The van der Waals surface area contributed by atoms with Crippen LogP contribution in [-0.4, -0.2) is 12.0 Å². The lowest BCUT2D eigenvalue weighted by atomic mass is 9.89. The van der Waals surface area contributed by atoms with E-state index in [4.69, 9.17) is 13.8 Å². The second-order valence-electron chi connectivity index (χ2n) is 15.7. The minimum Gasteiger partial charge on any atom is -0.456 e. The molecule has 1 aliphatic heterocycles. The molecule has 5 nitrogen and oxygen atoms in total. The molecule has 0 radical (unpaired) electrons. The number of hydrogen-bond acceptors (Lipinski definition) is 5. The maximum absolute atomic E-state index is 6.99. The summed E-state index contributed by atoms with van der Waals surface area (Å²) in [5.74, 6) is 1.15. The number of nitrogens with one attached hydrogen (secondary N) is 2. The third kappa shape index (κ3) is 5.31. The molecule has 2 aliphatic carbocycles. The first-order chi connectivity index (χ1) is 28.7. The third-order valence-corrected chi connectivity index (χ3v) is 12.5. The van der Waals surface area contributed by atoms with Gasteiger partial charge in [0, 0.05) is 44.0 Å². The van der Waals surface area contributed by atoms with Crippen LogP contribution in [0.15, 0.2) is 178 Å². The number of amidine groups is 1. The maximum atomic E-state index is 6.99. The van der Waals surface area contributed by atoms with Crippen molar-refractivity contribution >= 4 is 50.4 Å². The van der Waals surface area contributed by atoms with Gasteiger partial charge >= 0.3 is 0 Å². The average Bonchev–Trinajstić information content (AvgIpc) is 3.97. The summed E-state index contributed by atoms with van der Waals surface area (Å²) in [5, 5.41) is 12.0. The number of benzene rings is 7. The number of hydrogen-bond donors (Lipinski definition) is 2. The third-order valence-electron chi connectivity index (χ3n) is 12.5. The fourth-order valence-electron chi connectivity index (χ4n) is 9.74. The van der Waals surface area contributed by atoms with E-state index >= 15 is 0 Å². The molecule has 9 aromatic rings. The predicted molar refractivity (Wildman–Crippen MR) is 235 cm³/mol. The van der Waals surface area contributed by atoms with Gasteiger partial charge in [-0.15, -0.1) is 0 Å². The van der Waals surface area contributed by atoms with Gasteiger partial charge in [-0.25, -0.2) is 4.99 Å². The molecule has 0 fully saturated rings. The van der Waals surface area contributed by atoms with Crippen molar-refractivity contribution in [2.75, 3.05) is 0 Å². The highest BCUT2D eigenvalue weighted by Gasteiger charge is 2.31. The minimum absolute atomic E-state index is 0.105. The van der Waals surface area contributed by atoms with Gasteiger partial charge in [0.15, 0.2) is 0 Å². The zero-order chi connectivity index (χ0) is 38.2. The summed E-state index contributed by atoms with van der Waals surface area (Å²) in [5.41, 5.74) is 16.0. The Balaban J connectivity index is 0.953. The van der Waals surface area contributed by atoms with Crippen molar-refractivity contribution in [3.8, 4) is 22.3 Å². The van der Waals surface area contributed by atoms with E-state index in [2.05, 4.69) is 174 Å². The van der Waals surface area contributed by atoms with Gasteiger partial charge in [-0.05, 0) is 70.3 Å². The van der Waals surface area contributed by atoms with Gasteiger partial charge in [-0.3, -0.25) is 5.32 Å². The van der Waals surface area contributed by atoms with Gasteiger partial charge in [0.25, 0.3) is 0 Å². The molecule has 7 aromatic carbocycles. The Morgan fingerprint density at radius 1 is 0.586 bits per heavy atom. The first-order valence-electron chi connectivity index (χ1n) is 20.3. The van der Waals surface area contributed by atoms with Crippen molar-refractivity contribution in [1.29, 1.82) is 0 Å². The van der Waals surface area contributed by atoms with Crippen LogP contribution in [0, 0.1) is 0 Å². The van der Waals surface area contributed by atoms with Crippen LogP contribution in [0.4, 0.5) is 0 Å². The fourth-order valence-corrected chi connectivity index (χ4v) is 9.74. The van der Waals surface area contributed by atoms with Crippen LogP contribution in [-0.2, 0) is 6.42 Å². The molecule has 2 aromatic heterocycles. The molecule has 58 heavy (non-hydrogen) atoms. The van der Waals surface area contributed by atoms with E-state index in [1.807, 2.05) is 6.07 Å². The summed E-state index contributed by atoms with van der Waals surface area (Å²) in [4.78, 5) is 5.27. The topological polar surface area (TPSA) is 62.7 Å². The number of rotatable bonds is 6. The van der Waals surface area contributed by atoms with E-state index in [1.165, 1.54) is 33.4 Å². The van der Waals surface area contributed by atoms with Crippen LogP contribution >= 0.6 is 0 Å². The first kappa shape index (κ1) is 33.2. The summed E-state index contributed by atoms with van der Waals surface area (Å²) >= 11 is 0.